The van der Waals surface area contributed by atoms with Crippen LogP contribution in [0.25, 0.3) is 0 Å². The van der Waals surface area contributed by atoms with Crippen molar-refractivity contribution in [1.82, 2.24) is 5.32 Å². The van der Waals surface area contributed by atoms with E-state index in [-0.39, 0.29) is 0 Å². The Balaban J connectivity index is 2.14. The molecule has 0 radical (unpaired) electrons. The molecule has 0 aromatic heterocycles. The molecule has 3 heteroatoms. The highest BCUT2D eigenvalue weighted by Crippen LogP contribution is 2.22. The second-order valence-corrected chi connectivity index (χ2v) is 4.44. The molecule has 0 aliphatic heterocycles. The highest BCUT2D eigenvalue weighted by Gasteiger charge is 2.22. The van der Waals surface area contributed by atoms with Crippen molar-refractivity contribution < 1.29 is 9.47 Å². The van der Waals surface area contributed by atoms with E-state index >= 15 is 0 Å². The van der Waals surface area contributed by atoms with Crippen molar-refractivity contribution in [1.29, 1.82) is 0 Å². The van der Waals surface area contributed by atoms with E-state index in [9.17, 15) is 0 Å². The number of hydrogen-bond donors (Lipinski definition) is 1. The van der Waals surface area contributed by atoms with Crippen LogP contribution in [0.1, 0.15) is 39.5 Å². The van der Waals surface area contributed by atoms with Crippen LogP contribution in [0.5, 0.6) is 0 Å². The van der Waals surface area contributed by atoms with Crippen molar-refractivity contribution in [3.05, 3.63) is 0 Å². The van der Waals surface area contributed by atoms with Crippen molar-refractivity contribution in [2.24, 2.45) is 0 Å². The van der Waals surface area contributed by atoms with E-state index in [1.807, 2.05) is 0 Å². The van der Waals surface area contributed by atoms with Crippen LogP contribution >= 0.6 is 0 Å². The summed E-state index contributed by atoms with van der Waals surface area (Å²) >= 11 is 0. The van der Waals surface area contributed by atoms with Crippen LogP contribution in [0.15, 0.2) is 0 Å². The minimum atomic E-state index is 0.407. The van der Waals surface area contributed by atoms with Gasteiger partial charge in [0.25, 0.3) is 0 Å². The van der Waals surface area contributed by atoms with Gasteiger partial charge in [-0.25, -0.2) is 0 Å². The zero-order chi connectivity index (χ0) is 11.1. The Morgan fingerprint density at radius 2 is 2.07 bits per heavy atom. The molecule has 3 nitrogen and oxygen atoms in total. The topological polar surface area (TPSA) is 30.5 Å². The van der Waals surface area contributed by atoms with Crippen LogP contribution in [-0.2, 0) is 9.47 Å². The largest absolute Gasteiger partial charge is 0.381 e. The zero-order valence-electron chi connectivity index (χ0n) is 10.3. The van der Waals surface area contributed by atoms with Gasteiger partial charge in [0.2, 0.25) is 0 Å². The van der Waals surface area contributed by atoms with Gasteiger partial charge in [0.15, 0.2) is 0 Å². The first-order chi connectivity index (χ1) is 7.26. The molecule has 90 valence electrons. The molecule has 3 unspecified atom stereocenters. The van der Waals surface area contributed by atoms with E-state index in [1.165, 1.54) is 19.3 Å². The number of ether oxygens (including phenoxy) is 2. The summed E-state index contributed by atoms with van der Waals surface area (Å²) in [7, 11) is 1.80. The fraction of sp³-hybridized carbons (Fsp3) is 1.00. The maximum atomic E-state index is 5.89. The number of nitrogens with one attached hydrogen (secondary N) is 1. The highest BCUT2D eigenvalue weighted by atomic mass is 16.5. The third kappa shape index (κ3) is 4.96. The van der Waals surface area contributed by atoms with Crippen LogP contribution in [0, 0.1) is 0 Å². The second kappa shape index (κ2) is 7.20. The molecule has 0 aromatic rings. The van der Waals surface area contributed by atoms with Crippen molar-refractivity contribution in [2.45, 2.75) is 57.8 Å². The first-order valence-electron chi connectivity index (χ1n) is 6.14. The predicted octanol–water partition coefficient (Wildman–Crippen LogP) is 1.96. The molecule has 1 fully saturated rings. The van der Waals surface area contributed by atoms with Gasteiger partial charge in [-0.2, -0.15) is 0 Å². The Morgan fingerprint density at radius 1 is 1.33 bits per heavy atom. The lowest BCUT2D eigenvalue weighted by molar-refractivity contribution is -0.0341. The SMILES string of the molecule is CCNC(C)COC1CCCC(OC)C1. The van der Waals surface area contributed by atoms with E-state index in [0.717, 1.165) is 19.6 Å². The Morgan fingerprint density at radius 3 is 2.73 bits per heavy atom. The molecule has 1 aliphatic rings. The Labute approximate surface area is 93.5 Å². The van der Waals surface area contributed by atoms with Gasteiger partial charge in [0, 0.05) is 13.2 Å². The molecule has 0 saturated heterocycles. The zero-order valence-corrected chi connectivity index (χ0v) is 10.3. The van der Waals surface area contributed by atoms with Gasteiger partial charge in [-0.3, -0.25) is 0 Å². The smallest absolute Gasteiger partial charge is 0.0620 e. The Hall–Kier alpha value is -0.120. The van der Waals surface area contributed by atoms with Gasteiger partial charge in [-0.05, 0) is 39.2 Å². The van der Waals surface area contributed by atoms with Crippen molar-refractivity contribution in [3.63, 3.8) is 0 Å². The lowest BCUT2D eigenvalue weighted by Gasteiger charge is -2.29. The summed E-state index contributed by atoms with van der Waals surface area (Å²) in [5.74, 6) is 0. The Bertz CT molecular complexity index is 164. The number of rotatable bonds is 6. The third-order valence-corrected chi connectivity index (χ3v) is 3.05. The van der Waals surface area contributed by atoms with Crippen LogP contribution in [-0.4, -0.2) is 38.5 Å². The fourth-order valence-corrected chi connectivity index (χ4v) is 2.16. The standard InChI is InChI=1S/C12H25NO2/c1-4-13-10(2)9-15-12-7-5-6-11(8-12)14-3/h10-13H,4-9H2,1-3H3. The number of methoxy groups -OCH3 is 1. The van der Waals surface area contributed by atoms with Gasteiger partial charge in [-0.15, -0.1) is 0 Å². The maximum Gasteiger partial charge on any atom is 0.0620 e. The summed E-state index contributed by atoms with van der Waals surface area (Å²) < 4.78 is 11.3. The molecule has 1 aliphatic carbocycles. The summed E-state index contributed by atoms with van der Waals surface area (Å²) in [6, 6.07) is 0.456. The molecule has 3 atom stereocenters. The normalized spacial score (nSPS) is 29.0. The quantitative estimate of drug-likeness (QED) is 0.734. The monoisotopic (exact) mass is 215 g/mol. The predicted molar refractivity (Wildman–Crippen MR) is 62.1 cm³/mol. The van der Waals surface area contributed by atoms with Gasteiger partial charge < -0.3 is 14.8 Å². The fourth-order valence-electron chi connectivity index (χ4n) is 2.16. The minimum Gasteiger partial charge on any atom is -0.381 e. The van der Waals surface area contributed by atoms with Crippen molar-refractivity contribution in [2.75, 3.05) is 20.3 Å². The number of hydrogen-bond acceptors (Lipinski definition) is 3. The van der Waals surface area contributed by atoms with E-state index in [4.69, 9.17) is 9.47 Å². The van der Waals surface area contributed by atoms with Gasteiger partial charge in [0.1, 0.15) is 0 Å². The Kier molecular flexibility index (Phi) is 6.22. The van der Waals surface area contributed by atoms with Crippen LogP contribution in [0.2, 0.25) is 0 Å². The second-order valence-electron chi connectivity index (χ2n) is 4.44. The van der Waals surface area contributed by atoms with Gasteiger partial charge in [0.05, 0.1) is 18.8 Å². The molecule has 1 rings (SSSR count). The molecular formula is C12H25NO2. The molecule has 15 heavy (non-hydrogen) atoms. The van der Waals surface area contributed by atoms with E-state index in [0.29, 0.717) is 18.2 Å². The lowest BCUT2D eigenvalue weighted by atomic mass is 9.95. The summed E-state index contributed by atoms with van der Waals surface area (Å²) in [5, 5.41) is 3.35. The molecule has 0 bridgehead atoms. The molecular weight excluding hydrogens is 190 g/mol. The molecule has 1 saturated carbocycles. The highest BCUT2D eigenvalue weighted by molar-refractivity contribution is 4.74. The van der Waals surface area contributed by atoms with Crippen LogP contribution in [0.3, 0.4) is 0 Å². The maximum absolute atomic E-state index is 5.89. The first kappa shape index (κ1) is 12.9. The van der Waals surface area contributed by atoms with E-state index < -0.39 is 0 Å². The third-order valence-electron chi connectivity index (χ3n) is 3.05. The lowest BCUT2D eigenvalue weighted by Crippen LogP contribution is -2.34. The minimum absolute atomic E-state index is 0.407. The van der Waals surface area contributed by atoms with Crippen LogP contribution in [0.4, 0.5) is 0 Å². The van der Waals surface area contributed by atoms with Gasteiger partial charge in [-0.1, -0.05) is 6.92 Å². The summed E-state index contributed by atoms with van der Waals surface area (Å²) in [6.07, 6.45) is 5.51. The molecule has 0 amide bonds. The van der Waals surface area contributed by atoms with Gasteiger partial charge >= 0.3 is 0 Å². The average molecular weight is 215 g/mol. The van der Waals surface area contributed by atoms with Crippen molar-refractivity contribution in [3.8, 4) is 0 Å². The summed E-state index contributed by atoms with van der Waals surface area (Å²) in [6.45, 7) is 6.11. The summed E-state index contributed by atoms with van der Waals surface area (Å²) in [4.78, 5) is 0. The summed E-state index contributed by atoms with van der Waals surface area (Å²) in [5.41, 5.74) is 0. The van der Waals surface area contributed by atoms with E-state index in [1.54, 1.807) is 7.11 Å². The number of likely N-dealkylation sites (N-methyl/N-ethyl adjacent to an activating group) is 1. The van der Waals surface area contributed by atoms with Crippen molar-refractivity contribution >= 4 is 0 Å². The van der Waals surface area contributed by atoms with Crippen LogP contribution < -0.4 is 5.32 Å². The average Bonchev–Trinajstić information content (AvgIpc) is 2.27. The first-order valence-corrected chi connectivity index (χ1v) is 6.14. The molecule has 0 aromatic carbocycles. The molecule has 0 heterocycles. The molecule has 0 spiro atoms. The van der Waals surface area contributed by atoms with E-state index in [2.05, 4.69) is 19.2 Å². The molecule has 1 N–H and O–H groups in total.